The van der Waals surface area contributed by atoms with Crippen molar-refractivity contribution >= 4 is 21.6 Å². The highest BCUT2D eigenvalue weighted by Gasteiger charge is 2.03. The molecule has 0 atom stereocenters. The molecule has 1 heterocycles. The average Bonchev–Trinajstić information content (AvgIpc) is 2.70. The van der Waals surface area contributed by atoms with Gasteiger partial charge in [0, 0.05) is 16.9 Å². The Labute approximate surface area is 90.0 Å². The van der Waals surface area contributed by atoms with Crippen LogP contribution in [0.15, 0.2) is 41.4 Å². The number of aromatic nitrogens is 2. The normalized spacial score (nSPS) is 9.71. The van der Waals surface area contributed by atoms with Crippen molar-refractivity contribution in [1.82, 2.24) is 9.55 Å². The third-order valence-electron chi connectivity index (χ3n) is 1.84. The maximum absolute atomic E-state index is 7.05. The first kappa shape index (κ1) is 8.97. The molecule has 4 heteroatoms. The smallest absolute Gasteiger partial charge is 0.211 e. The van der Waals surface area contributed by atoms with E-state index in [1.807, 2.05) is 22.9 Å². The molecule has 1 aromatic carbocycles. The second kappa shape index (κ2) is 3.64. The van der Waals surface area contributed by atoms with Crippen molar-refractivity contribution in [1.29, 1.82) is 0 Å². The monoisotopic (exact) mass is 247 g/mol. The second-order valence-electron chi connectivity index (χ2n) is 2.71. The maximum atomic E-state index is 7.05. The molecule has 0 aliphatic carbocycles. The van der Waals surface area contributed by atoms with Crippen LogP contribution in [-0.4, -0.2) is 9.55 Å². The third kappa shape index (κ3) is 1.54. The summed E-state index contributed by atoms with van der Waals surface area (Å²) in [6, 6.07) is 5.59. The Morgan fingerprint density at radius 1 is 1.43 bits per heavy atom. The summed E-state index contributed by atoms with van der Waals surface area (Å²) >= 11 is 3.33. The molecule has 2 rings (SSSR count). The summed E-state index contributed by atoms with van der Waals surface area (Å²) in [6.45, 7) is 7.05. The van der Waals surface area contributed by atoms with Crippen LogP contribution >= 0.6 is 15.9 Å². The van der Waals surface area contributed by atoms with Crippen LogP contribution in [0, 0.1) is 6.57 Å². The number of imidazole rings is 1. The molecule has 0 bridgehead atoms. The molecule has 0 saturated carbocycles. The zero-order valence-electron chi connectivity index (χ0n) is 7.18. The molecule has 0 aliphatic rings. The third-order valence-corrected chi connectivity index (χ3v) is 2.33. The van der Waals surface area contributed by atoms with Gasteiger partial charge in [-0.3, -0.25) is 0 Å². The van der Waals surface area contributed by atoms with Crippen LogP contribution in [0.1, 0.15) is 0 Å². The fourth-order valence-corrected chi connectivity index (χ4v) is 1.56. The maximum Gasteiger partial charge on any atom is 0.211 e. The zero-order valence-corrected chi connectivity index (χ0v) is 8.77. The summed E-state index contributed by atoms with van der Waals surface area (Å²) in [6.07, 6.45) is 5.19. The van der Waals surface area contributed by atoms with Crippen LogP contribution in [0.3, 0.4) is 0 Å². The molecule has 68 valence electrons. The van der Waals surface area contributed by atoms with Gasteiger partial charge < -0.3 is 4.57 Å². The predicted molar refractivity (Wildman–Crippen MR) is 57.5 cm³/mol. The molecule has 0 fully saturated rings. The number of nitrogens with zero attached hydrogens (tertiary/aromatic N) is 3. The highest BCUT2D eigenvalue weighted by molar-refractivity contribution is 9.10. The van der Waals surface area contributed by atoms with Gasteiger partial charge in [0.25, 0.3) is 0 Å². The minimum Gasteiger partial charge on any atom is -0.316 e. The molecular formula is C10H6BrN3. The summed E-state index contributed by atoms with van der Waals surface area (Å²) in [7, 11) is 0. The molecule has 0 aliphatic heterocycles. The van der Waals surface area contributed by atoms with E-state index in [9.17, 15) is 0 Å². The molecule has 0 saturated heterocycles. The van der Waals surface area contributed by atoms with Crippen molar-refractivity contribution < 1.29 is 0 Å². The van der Waals surface area contributed by atoms with Crippen molar-refractivity contribution in [2.24, 2.45) is 0 Å². The highest BCUT2D eigenvalue weighted by Crippen LogP contribution is 2.26. The van der Waals surface area contributed by atoms with Gasteiger partial charge in [0.15, 0.2) is 0 Å². The molecule has 0 N–H and O–H groups in total. The molecule has 0 spiro atoms. The van der Waals surface area contributed by atoms with Crippen LogP contribution in [0.2, 0.25) is 0 Å². The van der Waals surface area contributed by atoms with E-state index in [1.165, 1.54) is 0 Å². The predicted octanol–water partition coefficient (Wildman–Crippen LogP) is 3.19. The second-order valence-corrected chi connectivity index (χ2v) is 3.63. The van der Waals surface area contributed by atoms with Crippen LogP contribution in [-0.2, 0) is 0 Å². The Balaban J connectivity index is 2.60. The lowest BCUT2D eigenvalue weighted by Crippen LogP contribution is -1.89. The zero-order chi connectivity index (χ0) is 9.97. The van der Waals surface area contributed by atoms with E-state index in [0.29, 0.717) is 5.69 Å². The van der Waals surface area contributed by atoms with Crippen molar-refractivity contribution in [3.05, 3.63) is 52.8 Å². The van der Waals surface area contributed by atoms with E-state index in [1.54, 1.807) is 18.6 Å². The molecule has 1 aromatic heterocycles. The minimum absolute atomic E-state index is 0.609. The summed E-state index contributed by atoms with van der Waals surface area (Å²) < 4.78 is 2.73. The van der Waals surface area contributed by atoms with Crippen molar-refractivity contribution in [2.75, 3.05) is 0 Å². The van der Waals surface area contributed by atoms with Gasteiger partial charge in [-0.25, -0.2) is 9.83 Å². The first-order valence-corrected chi connectivity index (χ1v) is 4.76. The number of benzene rings is 1. The Bertz CT molecular complexity index is 483. The van der Waals surface area contributed by atoms with Gasteiger partial charge in [-0.1, -0.05) is 15.9 Å². The minimum atomic E-state index is 0.609. The number of halogens is 1. The molecule has 0 unspecified atom stereocenters. The van der Waals surface area contributed by atoms with Gasteiger partial charge in [0.2, 0.25) is 5.69 Å². The molecule has 3 nitrogen and oxygen atoms in total. The SMILES string of the molecule is [C-]#[N+]c1cc(Br)ccc1-n1ccnc1. The summed E-state index contributed by atoms with van der Waals surface area (Å²) in [5, 5.41) is 0. The van der Waals surface area contributed by atoms with E-state index in [2.05, 4.69) is 25.8 Å². The average molecular weight is 248 g/mol. The Morgan fingerprint density at radius 2 is 2.29 bits per heavy atom. The Hall–Kier alpha value is -1.60. The lowest BCUT2D eigenvalue weighted by Gasteiger charge is -2.04. The topological polar surface area (TPSA) is 22.2 Å². The van der Waals surface area contributed by atoms with Crippen molar-refractivity contribution in [3.8, 4) is 5.69 Å². The molecule has 14 heavy (non-hydrogen) atoms. The van der Waals surface area contributed by atoms with Gasteiger partial charge in [-0.2, -0.15) is 0 Å². The van der Waals surface area contributed by atoms with Gasteiger partial charge in [0.05, 0.1) is 18.6 Å². The largest absolute Gasteiger partial charge is 0.316 e. The van der Waals surface area contributed by atoms with E-state index < -0.39 is 0 Å². The van der Waals surface area contributed by atoms with Crippen LogP contribution in [0.5, 0.6) is 0 Å². The number of hydrogen-bond donors (Lipinski definition) is 0. The van der Waals surface area contributed by atoms with Crippen LogP contribution in [0.4, 0.5) is 5.69 Å². The molecule has 0 amide bonds. The quantitative estimate of drug-likeness (QED) is 0.710. The van der Waals surface area contributed by atoms with Crippen LogP contribution in [0.25, 0.3) is 10.5 Å². The van der Waals surface area contributed by atoms with E-state index in [4.69, 9.17) is 6.57 Å². The molecule has 0 radical (unpaired) electrons. The fraction of sp³-hybridized carbons (Fsp3) is 0. The first-order chi connectivity index (χ1) is 6.81. The van der Waals surface area contributed by atoms with E-state index in [0.717, 1.165) is 10.2 Å². The standard InChI is InChI=1S/C10H6BrN3/c1-12-9-6-8(11)2-3-10(9)14-5-4-13-7-14/h2-7H. The fourth-order valence-electron chi connectivity index (χ4n) is 1.21. The summed E-state index contributed by atoms with van der Waals surface area (Å²) in [4.78, 5) is 7.40. The first-order valence-electron chi connectivity index (χ1n) is 3.96. The lowest BCUT2D eigenvalue weighted by atomic mass is 10.2. The van der Waals surface area contributed by atoms with Crippen molar-refractivity contribution in [3.63, 3.8) is 0 Å². The lowest BCUT2D eigenvalue weighted by molar-refractivity contribution is 1.06. The summed E-state index contributed by atoms with van der Waals surface area (Å²) in [5.41, 5.74) is 1.46. The molecule has 2 aromatic rings. The molecular weight excluding hydrogens is 242 g/mol. The van der Waals surface area contributed by atoms with E-state index in [-0.39, 0.29) is 0 Å². The van der Waals surface area contributed by atoms with Gasteiger partial charge in [-0.05, 0) is 18.2 Å². The van der Waals surface area contributed by atoms with Crippen LogP contribution < -0.4 is 0 Å². The van der Waals surface area contributed by atoms with Gasteiger partial charge >= 0.3 is 0 Å². The number of hydrogen-bond acceptors (Lipinski definition) is 1. The van der Waals surface area contributed by atoms with Gasteiger partial charge in [-0.15, -0.1) is 0 Å². The Morgan fingerprint density at radius 3 is 2.93 bits per heavy atom. The highest BCUT2D eigenvalue weighted by atomic mass is 79.9. The van der Waals surface area contributed by atoms with Gasteiger partial charge in [0.1, 0.15) is 0 Å². The van der Waals surface area contributed by atoms with Crippen molar-refractivity contribution in [2.45, 2.75) is 0 Å². The Kier molecular flexibility index (Phi) is 2.33. The number of rotatable bonds is 1. The van der Waals surface area contributed by atoms with E-state index >= 15 is 0 Å². The summed E-state index contributed by atoms with van der Waals surface area (Å²) in [5.74, 6) is 0.